The number of nitro benzene ring substituents is 1. The lowest BCUT2D eigenvalue weighted by molar-refractivity contribution is -0.384. The number of non-ortho nitro benzene ring substituents is 1. The fraction of sp³-hybridized carbons (Fsp3) is 0.333. The lowest BCUT2D eigenvalue weighted by atomic mass is 10.1. The van der Waals surface area contributed by atoms with Crippen LogP contribution in [-0.2, 0) is 4.74 Å². The number of ether oxygens (including phenoxy) is 3. The number of hydrogen-bond acceptors (Lipinski definition) is 7. The number of nitro groups is 1. The van der Waals surface area contributed by atoms with E-state index < -0.39 is 10.8 Å². The van der Waals surface area contributed by atoms with E-state index in [-0.39, 0.29) is 17.5 Å². The summed E-state index contributed by atoms with van der Waals surface area (Å²) in [5, 5.41) is 13.5. The van der Waals surface area contributed by atoms with E-state index in [0.717, 1.165) is 12.8 Å². The van der Waals surface area contributed by atoms with Crippen molar-refractivity contribution in [3.63, 3.8) is 0 Å². The summed E-state index contributed by atoms with van der Waals surface area (Å²) in [6.45, 7) is 1.34. The highest BCUT2D eigenvalue weighted by Gasteiger charge is 2.17. The Hall–Kier alpha value is -3.20. The molecule has 1 N–H and O–H groups in total. The molecule has 2 aromatic rings. The van der Waals surface area contributed by atoms with E-state index in [2.05, 4.69) is 10.3 Å². The van der Waals surface area contributed by atoms with Crippen molar-refractivity contribution in [1.29, 1.82) is 0 Å². The summed E-state index contributed by atoms with van der Waals surface area (Å²) < 4.78 is 16.2. The normalized spacial score (nSPS) is 14.4. The third kappa shape index (κ3) is 4.70. The Labute approximate surface area is 155 Å². The molecule has 0 spiro atoms. The maximum atomic E-state index is 12.4. The molecule has 1 saturated heterocycles. The van der Waals surface area contributed by atoms with Gasteiger partial charge in [0.2, 0.25) is 5.88 Å². The van der Waals surface area contributed by atoms with Crippen LogP contribution in [0.2, 0.25) is 0 Å². The first-order valence-corrected chi connectivity index (χ1v) is 8.41. The van der Waals surface area contributed by atoms with Crippen LogP contribution in [0.4, 0.5) is 11.4 Å². The van der Waals surface area contributed by atoms with Crippen molar-refractivity contribution in [3.05, 3.63) is 52.2 Å². The van der Waals surface area contributed by atoms with Crippen LogP contribution in [-0.4, -0.2) is 42.2 Å². The second-order valence-corrected chi connectivity index (χ2v) is 5.91. The fourth-order valence-corrected chi connectivity index (χ4v) is 2.64. The number of carbonyl (C=O) groups is 1. The van der Waals surface area contributed by atoms with Crippen LogP contribution < -0.4 is 14.8 Å². The molecule has 27 heavy (non-hydrogen) atoms. The Morgan fingerprint density at radius 2 is 2.07 bits per heavy atom. The van der Waals surface area contributed by atoms with Gasteiger partial charge in [-0.1, -0.05) is 0 Å². The Morgan fingerprint density at radius 1 is 1.30 bits per heavy atom. The van der Waals surface area contributed by atoms with E-state index in [1.807, 2.05) is 0 Å². The molecule has 0 saturated carbocycles. The Bertz CT molecular complexity index is 818. The number of nitrogens with zero attached hydrogens (tertiary/aromatic N) is 2. The minimum absolute atomic E-state index is 0.0651. The summed E-state index contributed by atoms with van der Waals surface area (Å²) in [4.78, 5) is 26.9. The van der Waals surface area contributed by atoms with Crippen LogP contribution in [0.15, 0.2) is 36.5 Å². The average Bonchev–Trinajstić information content (AvgIpc) is 2.69. The highest BCUT2D eigenvalue weighted by Crippen LogP contribution is 2.29. The van der Waals surface area contributed by atoms with Crippen molar-refractivity contribution in [2.75, 3.05) is 25.6 Å². The zero-order chi connectivity index (χ0) is 19.2. The van der Waals surface area contributed by atoms with Crippen molar-refractivity contribution in [3.8, 4) is 11.6 Å². The standard InChI is InChI=1S/C18H19N3O6/c1-25-16-10-13(21(23)24)3-4-15(16)20-18(22)12-2-5-17(19-11-12)27-14-6-8-26-9-7-14/h2-5,10-11,14H,6-9H2,1H3,(H,20,22). The van der Waals surface area contributed by atoms with Gasteiger partial charge in [0.25, 0.3) is 11.6 Å². The van der Waals surface area contributed by atoms with Gasteiger partial charge < -0.3 is 19.5 Å². The molecule has 1 aromatic carbocycles. The average molecular weight is 373 g/mol. The second kappa shape index (κ2) is 8.45. The highest BCUT2D eigenvalue weighted by molar-refractivity contribution is 6.04. The Morgan fingerprint density at radius 3 is 2.70 bits per heavy atom. The molecule has 1 aromatic heterocycles. The zero-order valence-electron chi connectivity index (χ0n) is 14.7. The topological polar surface area (TPSA) is 113 Å². The lowest BCUT2D eigenvalue weighted by Gasteiger charge is -2.22. The monoisotopic (exact) mass is 373 g/mol. The van der Waals surface area contributed by atoms with E-state index in [1.165, 1.54) is 31.5 Å². The summed E-state index contributed by atoms with van der Waals surface area (Å²) in [6.07, 6.45) is 3.10. The largest absolute Gasteiger partial charge is 0.494 e. The highest BCUT2D eigenvalue weighted by atomic mass is 16.6. The fourth-order valence-electron chi connectivity index (χ4n) is 2.64. The number of methoxy groups -OCH3 is 1. The minimum Gasteiger partial charge on any atom is -0.494 e. The SMILES string of the molecule is COc1cc([N+](=O)[O-])ccc1NC(=O)c1ccc(OC2CCOCC2)nc1. The molecule has 1 amide bonds. The van der Waals surface area contributed by atoms with Crippen LogP contribution in [0.1, 0.15) is 23.2 Å². The maximum absolute atomic E-state index is 12.4. The van der Waals surface area contributed by atoms with Crippen molar-refractivity contribution in [2.24, 2.45) is 0 Å². The van der Waals surface area contributed by atoms with Gasteiger partial charge in [0.15, 0.2) is 0 Å². The molecule has 1 fully saturated rings. The first-order valence-electron chi connectivity index (χ1n) is 8.41. The van der Waals surface area contributed by atoms with E-state index in [1.54, 1.807) is 12.1 Å². The van der Waals surface area contributed by atoms with Crippen LogP contribution in [0, 0.1) is 10.1 Å². The van der Waals surface area contributed by atoms with Gasteiger partial charge in [-0.2, -0.15) is 0 Å². The molecular weight excluding hydrogens is 354 g/mol. The number of aromatic nitrogens is 1. The number of rotatable bonds is 6. The summed E-state index contributed by atoms with van der Waals surface area (Å²) in [6, 6.07) is 7.21. The Kier molecular flexibility index (Phi) is 5.82. The van der Waals surface area contributed by atoms with E-state index in [9.17, 15) is 14.9 Å². The lowest BCUT2D eigenvalue weighted by Crippen LogP contribution is -2.26. The van der Waals surface area contributed by atoms with E-state index in [0.29, 0.717) is 30.3 Å². The molecule has 0 bridgehead atoms. The summed E-state index contributed by atoms with van der Waals surface area (Å²) >= 11 is 0. The third-order valence-electron chi connectivity index (χ3n) is 4.10. The first-order chi connectivity index (χ1) is 13.1. The second-order valence-electron chi connectivity index (χ2n) is 5.91. The first kappa shape index (κ1) is 18.6. The number of anilines is 1. The summed E-state index contributed by atoms with van der Waals surface area (Å²) in [5.74, 6) is 0.239. The molecule has 142 valence electrons. The van der Waals surface area contributed by atoms with Gasteiger partial charge in [-0.05, 0) is 12.1 Å². The van der Waals surface area contributed by atoms with E-state index in [4.69, 9.17) is 14.2 Å². The summed E-state index contributed by atoms with van der Waals surface area (Å²) in [5.41, 5.74) is 0.534. The number of nitrogens with one attached hydrogen (secondary N) is 1. The van der Waals surface area contributed by atoms with Crippen LogP contribution >= 0.6 is 0 Å². The maximum Gasteiger partial charge on any atom is 0.273 e. The van der Waals surface area contributed by atoms with Gasteiger partial charge in [-0.15, -0.1) is 0 Å². The van der Waals surface area contributed by atoms with Crippen LogP contribution in [0.25, 0.3) is 0 Å². The third-order valence-corrected chi connectivity index (χ3v) is 4.10. The number of pyridine rings is 1. The predicted octanol–water partition coefficient (Wildman–Crippen LogP) is 2.81. The number of benzene rings is 1. The molecule has 0 atom stereocenters. The van der Waals surface area contributed by atoms with Crippen LogP contribution in [0.5, 0.6) is 11.6 Å². The number of hydrogen-bond donors (Lipinski definition) is 1. The molecule has 1 aliphatic heterocycles. The molecule has 2 heterocycles. The van der Waals surface area contributed by atoms with E-state index >= 15 is 0 Å². The molecule has 0 unspecified atom stereocenters. The van der Waals surface area contributed by atoms with Gasteiger partial charge >= 0.3 is 0 Å². The molecule has 0 radical (unpaired) electrons. The van der Waals surface area contributed by atoms with Gasteiger partial charge in [-0.25, -0.2) is 4.98 Å². The van der Waals surface area contributed by atoms with Gasteiger partial charge in [0.05, 0.1) is 42.6 Å². The quantitative estimate of drug-likeness (QED) is 0.612. The molecule has 3 rings (SSSR count). The summed E-state index contributed by atoms with van der Waals surface area (Å²) in [7, 11) is 1.37. The number of amides is 1. The number of carbonyl (C=O) groups excluding carboxylic acids is 1. The zero-order valence-corrected chi connectivity index (χ0v) is 14.7. The molecule has 9 heteroatoms. The van der Waals surface area contributed by atoms with Gasteiger partial charge in [0.1, 0.15) is 11.9 Å². The Balaban J connectivity index is 1.66. The molecule has 9 nitrogen and oxygen atoms in total. The molecule has 0 aliphatic carbocycles. The van der Waals surface area contributed by atoms with Crippen LogP contribution in [0.3, 0.4) is 0 Å². The molecular formula is C18H19N3O6. The van der Waals surface area contributed by atoms with Gasteiger partial charge in [0, 0.05) is 31.2 Å². The van der Waals surface area contributed by atoms with Crippen molar-refractivity contribution in [1.82, 2.24) is 4.98 Å². The predicted molar refractivity (Wildman–Crippen MR) is 96.3 cm³/mol. The minimum atomic E-state index is -0.533. The van der Waals surface area contributed by atoms with Crippen molar-refractivity contribution >= 4 is 17.3 Å². The smallest absolute Gasteiger partial charge is 0.273 e. The van der Waals surface area contributed by atoms with Crippen molar-refractivity contribution in [2.45, 2.75) is 18.9 Å². The van der Waals surface area contributed by atoms with Crippen molar-refractivity contribution < 1.29 is 23.9 Å². The van der Waals surface area contributed by atoms with Gasteiger partial charge in [-0.3, -0.25) is 14.9 Å². The molecule has 1 aliphatic rings.